The van der Waals surface area contributed by atoms with Crippen LogP contribution in [-0.4, -0.2) is 10.8 Å². The van der Waals surface area contributed by atoms with Crippen LogP contribution in [0.2, 0.25) is 0 Å². The SMILES string of the molecule is Cc1ccc(-c2nc3c(s2)CCCC3=O)c(F)c1. The molecule has 0 amide bonds. The number of halogens is 1. The van der Waals surface area contributed by atoms with Crippen molar-refractivity contribution in [2.45, 2.75) is 26.2 Å². The van der Waals surface area contributed by atoms with Crippen molar-refractivity contribution >= 4 is 17.1 Å². The number of carbonyl (C=O) groups is 1. The molecule has 2 aromatic rings. The van der Waals surface area contributed by atoms with Gasteiger partial charge < -0.3 is 0 Å². The van der Waals surface area contributed by atoms with Gasteiger partial charge in [-0.1, -0.05) is 6.07 Å². The Balaban J connectivity index is 2.10. The highest BCUT2D eigenvalue weighted by molar-refractivity contribution is 7.15. The van der Waals surface area contributed by atoms with E-state index in [-0.39, 0.29) is 11.6 Å². The van der Waals surface area contributed by atoms with Crippen molar-refractivity contribution in [1.82, 2.24) is 4.98 Å². The molecule has 1 heterocycles. The normalized spacial score (nSPS) is 14.7. The Hall–Kier alpha value is -1.55. The van der Waals surface area contributed by atoms with Crippen molar-refractivity contribution in [2.24, 2.45) is 0 Å². The standard InChI is InChI=1S/C14H12FNOS/c1-8-5-6-9(10(15)7-8)14-16-13-11(17)3-2-4-12(13)18-14/h5-7H,2-4H2,1H3. The predicted molar refractivity (Wildman–Crippen MR) is 69.5 cm³/mol. The maximum atomic E-state index is 13.9. The molecule has 0 spiro atoms. The Bertz CT molecular complexity index is 633. The van der Waals surface area contributed by atoms with Crippen molar-refractivity contribution in [1.29, 1.82) is 0 Å². The van der Waals surface area contributed by atoms with E-state index >= 15 is 0 Å². The summed E-state index contributed by atoms with van der Waals surface area (Å²) in [4.78, 5) is 17.0. The minimum atomic E-state index is -0.270. The van der Waals surface area contributed by atoms with Gasteiger partial charge in [-0.05, 0) is 37.5 Å². The first kappa shape index (κ1) is 11.5. The molecular weight excluding hydrogens is 249 g/mol. The number of hydrogen-bond donors (Lipinski definition) is 0. The van der Waals surface area contributed by atoms with Gasteiger partial charge in [0.25, 0.3) is 0 Å². The van der Waals surface area contributed by atoms with Gasteiger partial charge in [0.15, 0.2) is 5.78 Å². The summed E-state index contributed by atoms with van der Waals surface area (Å²) in [6.45, 7) is 1.85. The summed E-state index contributed by atoms with van der Waals surface area (Å²) in [7, 11) is 0. The molecule has 0 saturated carbocycles. The summed E-state index contributed by atoms with van der Waals surface area (Å²) in [5, 5.41) is 0.618. The van der Waals surface area contributed by atoms with Crippen LogP contribution in [0.3, 0.4) is 0 Å². The molecule has 1 aliphatic carbocycles. The summed E-state index contributed by atoms with van der Waals surface area (Å²) in [6.07, 6.45) is 2.32. The Morgan fingerprint density at radius 2 is 2.17 bits per heavy atom. The fourth-order valence-corrected chi connectivity index (χ4v) is 3.32. The summed E-state index contributed by atoms with van der Waals surface area (Å²) < 4.78 is 13.9. The predicted octanol–water partition coefficient (Wildman–Crippen LogP) is 3.78. The minimum Gasteiger partial charge on any atom is -0.292 e. The van der Waals surface area contributed by atoms with Crippen LogP contribution in [0, 0.1) is 12.7 Å². The number of nitrogens with zero attached hydrogens (tertiary/aromatic N) is 1. The smallest absolute Gasteiger partial charge is 0.182 e. The molecular formula is C14H12FNOS. The van der Waals surface area contributed by atoms with Crippen LogP contribution in [-0.2, 0) is 6.42 Å². The first-order chi connectivity index (χ1) is 8.65. The average Bonchev–Trinajstić information content (AvgIpc) is 2.74. The second-order valence-corrected chi connectivity index (χ2v) is 5.63. The monoisotopic (exact) mass is 261 g/mol. The molecule has 0 atom stereocenters. The number of carbonyl (C=O) groups excluding carboxylic acids is 1. The zero-order chi connectivity index (χ0) is 12.7. The molecule has 0 saturated heterocycles. The number of hydrogen-bond acceptors (Lipinski definition) is 3. The molecule has 92 valence electrons. The molecule has 0 fully saturated rings. The quantitative estimate of drug-likeness (QED) is 0.782. The zero-order valence-corrected chi connectivity index (χ0v) is 10.8. The van der Waals surface area contributed by atoms with Crippen LogP contribution >= 0.6 is 11.3 Å². The highest BCUT2D eigenvalue weighted by atomic mass is 32.1. The van der Waals surface area contributed by atoms with Crippen LogP contribution in [0.25, 0.3) is 10.6 Å². The van der Waals surface area contributed by atoms with Gasteiger partial charge in [0.2, 0.25) is 0 Å². The second kappa shape index (κ2) is 4.28. The van der Waals surface area contributed by atoms with Gasteiger partial charge in [-0.25, -0.2) is 9.37 Å². The lowest BCUT2D eigenvalue weighted by molar-refractivity contribution is 0.0968. The van der Waals surface area contributed by atoms with Crippen molar-refractivity contribution in [3.05, 3.63) is 40.2 Å². The molecule has 0 N–H and O–H groups in total. The first-order valence-corrected chi connectivity index (χ1v) is 6.76. The maximum Gasteiger partial charge on any atom is 0.182 e. The fourth-order valence-electron chi connectivity index (χ4n) is 2.18. The van der Waals surface area contributed by atoms with Crippen molar-refractivity contribution < 1.29 is 9.18 Å². The van der Waals surface area contributed by atoms with Gasteiger partial charge in [-0.15, -0.1) is 11.3 Å². The van der Waals surface area contributed by atoms with Gasteiger partial charge in [-0.2, -0.15) is 0 Å². The number of benzene rings is 1. The lowest BCUT2D eigenvalue weighted by Crippen LogP contribution is -2.08. The molecule has 3 rings (SSSR count). The Morgan fingerprint density at radius 3 is 2.89 bits per heavy atom. The van der Waals surface area contributed by atoms with Gasteiger partial charge >= 0.3 is 0 Å². The van der Waals surface area contributed by atoms with E-state index in [0.29, 0.717) is 22.7 Å². The van der Waals surface area contributed by atoms with E-state index in [0.717, 1.165) is 23.3 Å². The van der Waals surface area contributed by atoms with Gasteiger partial charge in [0, 0.05) is 16.9 Å². The van der Waals surface area contributed by atoms with Crippen LogP contribution < -0.4 is 0 Å². The summed E-state index contributed by atoms with van der Waals surface area (Å²) in [5.74, 6) is -0.181. The van der Waals surface area contributed by atoms with E-state index in [2.05, 4.69) is 4.98 Å². The largest absolute Gasteiger partial charge is 0.292 e. The van der Waals surface area contributed by atoms with E-state index < -0.39 is 0 Å². The summed E-state index contributed by atoms with van der Waals surface area (Å²) in [5.41, 5.74) is 1.93. The fraction of sp³-hybridized carbons (Fsp3) is 0.286. The van der Waals surface area contributed by atoms with E-state index in [1.165, 1.54) is 17.4 Å². The van der Waals surface area contributed by atoms with Crippen LogP contribution in [0.4, 0.5) is 4.39 Å². The molecule has 1 aromatic carbocycles. The number of fused-ring (bicyclic) bond motifs is 1. The third-order valence-electron chi connectivity index (χ3n) is 3.12. The second-order valence-electron chi connectivity index (χ2n) is 4.55. The highest BCUT2D eigenvalue weighted by Crippen LogP contribution is 2.33. The van der Waals surface area contributed by atoms with Crippen molar-refractivity contribution in [2.75, 3.05) is 0 Å². The van der Waals surface area contributed by atoms with Gasteiger partial charge in [0.05, 0.1) is 0 Å². The zero-order valence-electron chi connectivity index (χ0n) is 10.00. The number of Topliss-reactive ketones (excluding diaryl/α,β-unsaturated/α-hetero) is 1. The topological polar surface area (TPSA) is 30.0 Å². The number of rotatable bonds is 1. The Morgan fingerprint density at radius 1 is 1.33 bits per heavy atom. The first-order valence-electron chi connectivity index (χ1n) is 5.94. The number of aromatic nitrogens is 1. The molecule has 2 nitrogen and oxygen atoms in total. The number of aryl methyl sites for hydroxylation is 2. The molecule has 0 bridgehead atoms. The molecule has 1 aliphatic rings. The lowest BCUT2D eigenvalue weighted by atomic mass is 10.0. The molecule has 4 heteroatoms. The molecule has 1 aromatic heterocycles. The Kier molecular flexibility index (Phi) is 2.74. The number of ketones is 1. The van der Waals surface area contributed by atoms with E-state index in [9.17, 15) is 9.18 Å². The Labute approximate surface area is 108 Å². The summed E-state index contributed by atoms with van der Waals surface area (Å²) >= 11 is 1.44. The third kappa shape index (κ3) is 1.86. The van der Waals surface area contributed by atoms with Crippen LogP contribution in [0.15, 0.2) is 18.2 Å². The van der Waals surface area contributed by atoms with Crippen molar-refractivity contribution in [3.8, 4) is 10.6 Å². The number of thiazole rings is 1. The van der Waals surface area contributed by atoms with E-state index in [1.54, 1.807) is 6.07 Å². The van der Waals surface area contributed by atoms with E-state index in [4.69, 9.17) is 0 Å². The maximum absolute atomic E-state index is 13.9. The molecule has 0 unspecified atom stereocenters. The lowest BCUT2D eigenvalue weighted by Gasteiger charge is -2.06. The van der Waals surface area contributed by atoms with Gasteiger partial charge in [0.1, 0.15) is 16.5 Å². The summed E-state index contributed by atoms with van der Waals surface area (Å²) in [6, 6.07) is 5.09. The minimum absolute atomic E-state index is 0.0891. The molecule has 0 aliphatic heterocycles. The third-order valence-corrected chi connectivity index (χ3v) is 4.27. The highest BCUT2D eigenvalue weighted by Gasteiger charge is 2.23. The van der Waals surface area contributed by atoms with E-state index in [1.807, 2.05) is 13.0 Å². The van der Waals surface area contributed by atoms with Crippen LogP contribution in [0.1, 0.15) is 33.8 Å². The average molecular weight is 261 g/mol. The molecule has 0 radical (unpaired) electrons. The van der Waals surface area contributed by atoms with Crippen LogP contribution in [0.5, 0.6) is 0 Å². The van der Waals surface area contributed by atoms with Crippen molar-refractivity contribution in [3.63, 3.8) is 0 Å². The molecule has 18 heavy (non-hydrogen) atoms. The van der Waals surface area contributed by atoms with Gasteiger partial charge in [-0.3, -0.25) is 4.79 Å².